The molecule has 3 aromatic rings. The van der Waals surface area contributed by atoms with Gasteiger partial charge >= 0.3 is 6.18 Å². The SMILES string of the molecule is COCCNC(=O)c1ccccc1NC(=O)CN(c1cccc(C(F)(F)F)c1)S(=O)(=O)c1ccc(OC)c(OC)c1. The molecule has 2 amide bonds. The van der Waals surface area contributed by atoms with Crippen LogP contribution in [0.25, 0.3) is 0 Å². The van der Waals surface area contributed by atoms with E-state index in [1.807, 2.05) is 0 Å². The third-order valence-corrected chi connectivity index (χ3v) is 7.50. The van der Waals surface area contributed by atoms with Gasteiger partial charge in [0.05, 0.1) is 48.2 Å². The van der Waals surface area contributed by atoms with Crippen LogP contribution in [-0.2, 0) is 25.7 Å². The van der Waals surface area contributed by atoms with Crippen LogP contribution in [0.5, 0.6) is 11.5 Å². The Labute approximate surface area is 235 Å². The summed E-state index contributed by atoms with van der Waals surface area (Å²) in [6.45, 7) is -0.470. The quantitative estimate of drug-likeness (QED) is 0.304. The highest BCUT2D eigenvalue weighted by molar-refractivity contribution is 7.92. The van der Waals surface area contributed by atoms with Crippen molar-refractivity contribution < 1.29 is 45.4 Å². The number of sulfonamides is 1. The summed E-state index contributed by atoms with van der Waals surface area (Å²) in [7, 11) is -0.526. The van der Waals surface area contributed by atoms with Crippen molar-refractivity contribution in [2.75, 3.05) is 50.6 Å². The van der Waals surface area contributed by atoms with Crippen LogP contribution in [0.4, 0.5) is 24.5 Å². The fourth-order valence-electron chi connectivity index (χ4n) is 3.73. The Hall–Kier alpha value is -4.30. The van der Waals surface area contributed by atoms with Crippen LogP contribution in [0, 0.1) is 0 Å². The highest BCUT2D eigenvalue weighted by Gasteiger charge is 2.34. The van der Waals surface area contributed by atoms with Crippen LogP contribution >= 0.6 is 0 Å². The first-order chi connectivity index (χ1) is 19.4. The van der Waals surface area contributed by atoms with Gasteiger partial charge in [-0.1, -0.05) is 18.2 Å². The van der Waals surface area contributed by atoms with Crippen molar-refractivity contribution in [3.8, 4) is 11.5 Å². The van der Waals surface area contributed by atoms with E-state index in [0.29, 0.717) is 10.4 Å². The fraction of sp³-hybridized carbons (Fsp3) is 0.259. The van der Waals surface area contributed by atoms with Crippen LogP contribution < -0.4 is 24.4 Å². The number of hydrogen-bond donors (Lipinski definition) is 2. The molecule has 10 nitrogen and oxygen atoms in total. The van der Waals surface area contributed by atoms with Crippen molar-refractivity contribution in [1.82, 2.24) is 5.32 Å². The summed E-state index contributed by atoms with van der Waals surface area (Å²) >= 11 is 0. The van der Waals surface area contributed by atoms with E-state index in [2.05, 4.69) is 10.6 Å². The van der Waals surface area contributed by atoms with Crippen LogP contribution in [0.3, 0.4) is 0 Å². The summed E-state index contributed by atoms with van der Waals surface area (Å²) in [5.41, 5.74) is -1.36. The van der Waals surface area contributed by atoms with Gasteiger partial charge in [-0.25, -0.2) is 8.42 Å². The second-order valence-corrected chi connectivity index (χ2v) is 10.3. The summed E-state index contributed by atoms with van der Waals surface area (Å²) in [6.07, 6.45) is -4.77. The summed E-state index contributed by atoms with van der Waals surface area (Å²) in [5.74, 6) is -1.17. The summed E-state index contributed by atoms with van der Waals surface area (Å²) in [6, 6.07) is 13.2. The van der Waals surface area contributed by atoms with Gasteiger partial charge in [0.15, 0.2) is 11.5 Å². The zero-order valence-corrected chi connectivity index (χ0v) is 23.1. The van der Waals surface area contributed by atoms with Gasteiger partial charge in [-0.3, -0.25) is 13.9 Å². The lowest BCUT2D eigenvalue weighted by molar-refractivity contribution is -0.137. The Bertz CT molecular complexity index is 1500. The van der Waals surface area contributed by atoms with E-state index < -0.39 is 45.8 Å². The smallest absolute Gasteiger partial charge is 0.416 e. The number of methoxy groups -OCH3 is 3. The number of anilines is 2. The van der Waals surface area contributed by atoms with Gasteiger partial charge in [0, 0.05) is 19.7 Å². The zero-order chi connectivity index (χ0) is 30.2. The second-order valence-electron chi connectivity index (χ2n) is 8.42. The third kappa shape index (κ3) is 7.67. The second kappa shape index (κ2) is 13.4. The van der Waals surface area contributed by atoms with E-state index in [9.17, 15) is 31.2 Å². The molecular weight excluding hydrogens is 567 g/mol. The molecule has 0 bridgehead atoms. The molecule has 0 saturated heterocycles. The molecular formula is C27H28F3N3O7S. The fourth-order valence-corrected chi connectivity index (χ4v) is 5.16. The van der Waals surface area contributed by atoms with Crippen molar-refractivity contribution in [2.45, 2.75) is 11.1 Å². The molecule has 2 N–H and O–H groups in total. The van der Waals surface area contributed by atoms with E-state index >= 15 is 0 Å². The van der Waals surface area contributed by atoms with Crippen LogP contribution in [0.15, 0.2) is 71.6 Å². The molecule has 14 heteroatoms. The van der Waals surface area contributed by atoms with Gasteiger partial charge in [-0.05, 0) is 42.5 Å². The van der Waals surface area contributed by atoms with E-state index in [1.165, 1.54) is 45.6 Å². The standard InChI is InChI=1S/C27H28F3N3O7S/c1-38-14-13-31-26(35)21-9-4-5-10-22(21)32-25(34)17-33(19-8-6-7-18(15-19)27(28,29)30)41(36,37)20-11-12-23(39-2)24(16-20)40-3/h4-12,15-16H,13-14,17H2,1-3H3,(H,31,35)(H,32,34). The Morgan fingerprint density at radius 1 is 0.902 bits per heavy atom. The molecule has 0 aliphatic rings. The molecule has 0 fully saturated rings. The number of halogens is 3. The number of carbonyl (C=O) groups excluding carboxylic acids is 2. The molecule has 0 atom stereocenters. The zero-order valence-electron chi connectivity index (χ0n) is 22.3. The maximum Gasteiger partial charge on any atom is 0.416 e. The largest absolute Gasteiger partial charge is 0.493 e. The molecule has 0 aliphatic heterocycles. The van der Waals surface area contributed by atoms with Crippen molar-refractivity contribution in [3.05, 3.63) is 77.9 Å². The predicted octanol–water partition coefficient (Wildman–Crippen LogP) is 3.93. The molecule has 0 heterocycles. The number of nitrogens with zero attached hydrogens (tertiary/aromatic N) is 1. The van der Waals surface area contributed by atoms with Crippen molar-refractivity contribution in [3.63, 3.8) is 0 Å². The third-order valence-electron chi connectivity index (χ3n) is 5.73. The van der Waals surface area contributed by atoms with E-state index in [-0.39, 0.29) is 40.8 Å². The highest BCUT2D eigenvalue weighted by atomic mass is 32.2. The molecule has 0 radical (unpaired) electrons. The molecule has 3 rings (SSSR count). The van der Waals surface area contributed by atoms with Gasteiger partial charge < -0.3 is 24.8 Å². The van der Waals surface area contributed by atoms with Crippen molar-refractivity contribution >= 4 is 33.2 Å². The molecule has 220 valence electrons. The number of benzene rings is 3. The minimum atomic E-state index is -4.77. The van der Waals surface area contributed by atoms with E-state index in [0.717, 1.165) is 24.3 Å². The lowest BCUT2D eigenvalue weighted by atomic mass is 10.1. The molecule has 0 spiro atoms. The molecule has 41 heavy (non-hydrogen) atoms. The Morgan fingerprint density at radius 2 is 1.61 bits per heavy atom. The minimum absolute atomic E-state index is 0.0513. The van der Waals surface area contributed by atoms with Crippen molar-refractivity contribution in [2.24, 2.45) is 0 Å². The normalized spacial score (nSPS) is 11.5. The summed E-state index contributed by atoms with van der Waals surface area (Å²) in [5, 5.41) is 5.10. The van der Waals surface area contributed by atoms with Gasteiger partial charge in [0.1, 0.15) is 6.54 Å². The number of para-hydroxylation sites is 1. The number of rotatable bonds is 12. The first-order valence-corrected chi connectivity index (χ1v) is 13.4. The molecule has 0 aliphatic carbocycles. The number of ether oxygens (including phenoxy) is 3. The Balaban J connectivity index is 2.01. The number of alkyl halides is 3. The van der Waals surface area contributed by atoms with Gasteiger partial charge in [-0.15, -0.1) is 0 Å². The lowest BCUT2D eigenvalue weighted by Gasteiger charge is -2.25. The van der Waals surface area contributed by atoms with Crippen LogP contribution in [-0.4, -0.2) is 61.3 Å². The number of amides is 2. The maximum absolute atomic E-state index is 13.8. The van der Waals surface area contributed by atoms with Crippen molar-refractivity contribution in [1.29, 1.82) is 0 Å². The topological polar surface area (TPSA) is 123 Å². The molecule has 0 saturated carbocycles. The monoisotopic (exact) mass is 595 g/mol. The summed E-state index contributed by atoms with van der Waals surface area (Å²) < 4.78 is 83.7. The van der Waals surface area contributed by atoms with Gasteiger partial charge in [0.25, 0.3) is 15.9 Å². The molecule has 0 unspecified atom stereocenters. The first kappa shape index (κ1) is 31.2. The molecule has 3 aromatic carbocycles. The average Bonchev–Trinajstić information content (AvgIpc) is 2.95. The summed E-state index contributed by atoms with van der Waals surface area (Å²) in [4.78, 5) is 25.4. The number of nitrogens with one attached hydrogen (secondary N) is 2. The van der Waals surface area contributed by atoms with E-state index in [1.54, 1.807) is 12.1 Å². The predicted molar refractivity (Wildman–Crippen MR) is 145 cm³/mol. The average molecular weight is 596 g/mol. The minimum Gasteiger partial charge on any atom is -0.493 e. The highest BCUT2D eigenvalue weighted by Crippen LogP contribution is 2.35. The number of hydrogen-bond acceptors (Lipinski definition) is 7. The number of carbonyl (C=O) groups is 2. The Kier molecular flexibility index (Phi) is 10.2. The van der Waals surface area contributed by atoms with Crippen LogP contribution in [0.2, 0.25) is 0 Å². The Morgan fingerprint density at radius 3 is 2.27 bits per heavy atom. The van der Waals surface area contributed by atoms with Gasteiger partial charge in [0.2, 0.25) is 5.91 Å². The maximum atomic E-state index is 13.8. The molecule has 0 aromatic heterocycles. The van der Waals surface area contributed by atoms with E-state index in [4.69, 9.17) is 14.2 Å². The first-order valence-electron chi connectivity index (χ1n) is 12.0. The lowest BCUT2D eigenvalue weighted by Crippen LogP contribution is -2.38. The van der Waals surface area contributed by atoms with Gasteiger partial charge in [-0.2, -0.15) is 13.2 Å². The van der Waals surface area contributed by atoms with Crippen LogP contribution in [0.1, 0.15) is 15.9 Å².